The van der Waals surface area contributed by atoms with Crippen LogP contribution in [0, 0.1) is 0 Å². The van der Waals surface area contributed by atoms with Crippen LogP contribution in [0.3, 0.4) is 0 Å². The molecule has 2 N–H and O–H groups in total. The largest absolute Gasteiger partial charge is 0.395 e. The Morgan fingerprint density at radius 3 is 2.92 bits per heavy atom. The standard InChI is InChI=1S/C9H17N3O/c1-3-9(7-13)10-4-8-5-11-12(2)6-8/h5-6,9-10,13H,3-4,7H2,1-2H3/t9-/m0/s1. The zero-order valence-electron chi connectivity index (χ0n) is 8.20. The maximum atomic E-state index is 8.93. The maximum absolute atomic E-state index is 8.93. The fraction of sp³-hybridized carbons (Fsp3) is 0.667. The van der Waals surface area contributed by atoms with E-state index in [1.807, 2.05) is 19.4 Å². The van der Waals surface area contributed by atoms with E-state index in [0.29, 0.717) is 0 Å². The van der Waals surface area contributed by atoms with Crippen molar-refractivity contribution in [1.82, 2.24) is 15.1 Å². The van der Waals surface area contributed by atoms with E-state index in [9.17, 15) is 0 Å². The zero-order chi connectivity index (χ0) is 9.68. The molecule has 1 rings (SSSR count). The Bertz CT molecular complexity index is 243. The fourth-order valence-corrected chi connectivity index (χ4v) is 1.16. The summed E-state index contributed by atoms with van der Waals surface area (Å²) in [6, 6.07) is 0.195. The molecule has 0 aliphatic carbocycles. The number of nitrogens with zero attached hydrogens (tertiary/aromatic N) is 2. The third kappa shape index (κ3) is 3.16. The lowest BCUT2D eigenvalue weighted by Gasteiger charge is -2.12. The Morgan fingerprint density at radius 1 is 1.69 bits per heavy atom. The van der Waals surface area contributed by atoms with E-state index in [1.54, 1.807) is 4.68 Å². The molecule has 0 aliphatic rings. The Kier molecular flexibility index (Phi) is 3.92. The van der Waals surface area contributed by atoms with Gasteiger partial charge in [-0.3, -0.25) is 4.68 Å². The molecular formula is C9H17N3O. The van der Waals surface area contributed by atoms with Crippen molar-refractivity contribution in [3.63, 3.8) is 0 Å². The van der Waals surface area contributed by atoms with Crippen molar-refractivity contribution in [2.45, 2.75) is 25.9 Å². The number of aliphatic hydroxyl groups excluding tert-OH is 1. The molecule has 0 aliphatic heterocycles. The highest BCUT2D eigenvalue weighted by atomic mass is 16.3. The van der Waals surface area contributed by atoms with Crippen LogP contribution in [0.4, 0.5) is 0 Å². The Balaban J connectivity index is 2.33. The van der Waals surface area contributed by atoms with E-state index < -0.39 is 0 Å². The van der Waals surface area contributed by atoms with Crippen molar-refractivity contribution in [1.29, 1.82) is 0 Å². The fourth-order valence-electron chi connectivity index (χ4n) is 1.16. The molecule has 0 saturated carbocycles. The third-order valence-corrected chi connectivity index (χ3v) is 2.07. The van der Waals surface area contributed by atoms with Gasteiger partial charge in [0.05, 0.1) is 12.8 Å². The van der Waals surface area contributed by atoms with Gasteiger partial charge in [-0.05, 0) is 6.42 Å². The van der Waals surface area contributed by atoms with Crippen molar-refractivity contribution < 1.29 is 5.11 Å². The summed E-state index contributed by atoms with van der Waals surface area (Å²) in [7, 11) is 1.90. The number of rotatable bonds is 5. The number of aromatic nitrogens is 2. The lowest BCUT2D eigenvalue weighted by atomic mass is 10.2. The quantitative estimate of drug-likeness (QED) is 0.689. The van der Waals surface area contributed by atoms with Crippen LogP contribution in [0.1, 0.15) is 18.9 Å². The van der Waals surface area contributed by atoms with Crippen LogP contribution in [0.25, 0.3) is 0 Å². The first-order chi connectivity index (χ1) is 6.26. The highest BCUT2D eigenvalue weighted by Gasteiger charge is 2.03. The summed E-state index contributed by atoms with van der Waals surface area (Å²) in [6.07, 6.45) is 4.74. The molecule has 1 aromatic rings. The molecule has 0 amide bonds. The molecular weight excluding hydrogens is 166 g/mol. The van der Waals surface area contributed by atoms with Crippen LogP contribution in [-0.2, 0) is 13.6 Å². The lowest BCUT2D eigenvalue weighted by Crippen LogP contribution is -2.30. The average Bonchev–Trinajstić information content (AvgIpc) is 2.53. The molecule has 0 unspecified atom stereocenters. The normalized spacial score (nSPS) is 13.2. The number of aryl methyl sites for hydroxylation is 1. The minimum Gasteiger partial charge on any atom is -0.395 e. The van der Waals surface area contributed by atoms with E-state index in [4.69, 9.17) is 5.11 Å². The van der Waals surface area contributed by atoms with Crippen molar-refractivity contribution >= 4 is 0 Å². The van der Waals surface area contributed by atoms with E-state index >= 15 is 0 Å². The molecule has 0 aromatic carbocycles. The molecule has 74 valence electrons. The number of hydrogen-bond acceptors (Lipinski definition) is 3. The third-order valence-electron chi connectivity index (χ3n) is 2.07. The second-order valence-electron chi connectivity index (χ2n) is 3.19. The predicted octanol–water partition coefficient (Wildman–Crippen LogP) is 0.281. The lowest BCUT2D eigenvalue weighted by molar-refractivity contribution is 0.238. The van der Waals surface area contributed by atoms with E-state index in [2.05, 4.69) is 17.3 Å². The van der Waals surface area contributed by atoms with E-state index in [0.717, 1.165) is 18.5 Å². The Hall–Kier alpha value is -0.870. The summed E-state index contributed by atoms with van der Waals surface area (Å²) >= 11 is 0. The van der Waals surface area contributed by atoms with Crippen molar-refractivity contribution in [2.75, 3.05) is 6.61 Å². The highest BCUT2D eigenvalue weighted by Crippen LogP contribution is 1.97. The van der Waals surface area contributed by atoms with Crippen LogP contribution in [-0.4, -0.2) is 27.5 Å². The average molecular weight is 183 g/mol. The monoisotopic (exact) mass is 183 g/mol. The summed E-state index contributed by atoms with van der Waals surface area (Å²) in [5.41, 5.74) is 1.15. The molecule has 0 spiro atoms. The Morgan fingerprint density at radius 2 is 2.46 bits per heavy atom. The van der Waals surface area contributed by atoms with Gasteiger partial charge in [-0.15, -0.1) is 0 Å². The van der Waals surface area contributed by atoms with Crippen LogP contribution in [0.15, 0.2) is 12.4 Å². The number of nitrogens with one attached hydrogen (secondary N) is 1. The van der Waals surface area contributed by atoms with E-state index in [1.165, 1.54) is 0 Å². The number of hydrogen-bond donors (Lipinski definition) is 2. The summed E-state index contributed by atoms with van der Waals surface area (Å²) in [4.78, 5) is 0. The SMILES string of the molecule is CC[C@@H](CO)NCc1cnn(C)c1. The van der Waals surface area contributed by atoms with Crippen LogP contribution < -0.4 is 5.32 Å². The van der Waals surface area contributed by atoms with Gasteiger partial charge in [-0.25, -0.2) is 0 Å². The van der Waals surface area contributed by atoms with Gasteiger partial charge < -0.3 is 10.4 Å². The maximum Gasteiger partial charge on any atom is 0.0584 e. The predicted molar refractivity (Wildman–Crippen MR) is 51.2 cm³/mol. The molecule has 1 atom stereocenters. The molecule has 0 bridgehead atoms. The summed E-state index contributed by atoms with van der Waals surface area (Å²) in [6.45, 7) is 3.01. The van der Waals surface area contributed by atoms with Gasteiger partial charge >= 0.3 is 0 Å². The molecule has 0 fully saturated rings. The summed E-state index contributed by atoms with van der Waals surface area (Å²) in [5, 5.41) is 16.2. The second-order valence-corrected chi connectivity index (χ2v) is 3.19. The van der Waals surface area contributed by atoms with Gasteiger partial charge in [-0.1, -0.05) is 6.92 Å². The van der Waals surface area contributed by atoms with Crippen LogP contribution in [0.2, 0.25) is 0 Å². The Labute approximate surface area is 78.6 Å². The zero-order valence-corrected chi connectivity index (χ0v) is 8.20. The van der Waals surface area contributed by atoms with Gasteiger partial charge in [0.1, 0.15) is 0 Å². The molecule has 1 aromatic heterocycles. The molecule has 1 heterocycles. The van der Waals surface area contributed by atoms with Gasteiger partial charge in [0.15, 0.2) is 0 Å². The molecule has 13 heavy (non-hydrogen) atoms. The minimum absolute atomic E-state index is 0.191. The van der Waals surface area contributed by atoms with Gasteiger partial charge in [0.2, 0.25) is 0 Å². The minimum atomic E-state index is 0.191. The van der Waals surface area contributed by atoms with Crippen molar-refractivity contribution in [2.24, 2.45) is 7.05 Å². The summed E-state index contributed by atoms with van der Waals surface area (Å²) in [5.74, 6) is 0. The first-order valence-corrected chi connectivity index (χ1v) is 4.58. The molecule has 0 radical (unpaired) electrons. The molecule has 0 saturated heterocycles. The first kappa shape index (κ1) is 10.2. The van der Waals surface area contributed by atoms with Crippen LogP contribution in [0.5, 0.6) is 0 Å². The van der Waals surface area contributed by atoms with Crippen molar-refractivity contribution in [3.05, 3.63) is 18.0 Å². The van der Waals surface area contributed by atoms with Gasteiger partial charge in [0.25, 0.3) is 0 Å². The summed E-state index contributed by atoms with van der Waals surface area (Å²) < 4.78 is 1.77. The van der Waals surface area contributed by atoms with Gasteiger partial charge in [-0.2, -0.15) is 5.10 Å². The smallest absolute Gasteiger partial charge is 0.0584 e. The van der Waals surface area contributed by atoms with Gasteiger partial charge in [0, 0.05) is 31.4 Å². The number of aliphatic hydroxyl groups is 1. The van der Waals surface area contributed by atoms with Crippen molar-refractivity contribution in [3.8, 4) is 0 Å². The van der Waals surface area contributed by atoms with E-state index in [-0.39, 0.29) is 12.6 Å². The highest BCUT2D eigenvalue weighted by molar-refractivity contribution is 5.03. The molecule has 4 nitrogen and oxygen atoms in total. The molecule has 4 heteroatoms. The van der Waals surface area contributed by atoms with Crippen LogP contribution >= 0.6 is 0 Å². The second kappa shape index (κ2) is 4.99. The first-order valence-electron chi connectivity index (χ1n) is 4.58. The topological polar surface area (TPSA) is 50.1 Å².